The number of aldehydes is 1. The molecule has 3 aromatic rings. The van der Waals surface area contributed by atoms with Crippen molar-refractivity contribution < 1.29 is 23.9 Å². The molecule has 0 aliphatic carbocycles. The first-order valence-electron chi connectivity index (χ1n) is 11.1. The van der Waals surface area contributed by atoms with Gasteiger partial charge in [0.15, 0.2) is 6.29 Å². The van der Waals surface area contributed by atoms with E-state index in [1.807, 2.05) is 4.57 Å². The molecule has 3 rings (SSSR count). The molecular formula is C26H30N2O5. The van der Waals surface area contributed by atoms with Crippen molar-refractivity contribution in [2.75, 3.05) is 20.8 Å². The minimum atomic E-state index is -0.446. The van der Waals surface area contributed by atoms with Gasteiger partial charge < -0.3 is 19.4 Å². The fourth-order valence-corrected chi connectivity index (χ4v) is 3.91. The molecule has 2 aromatic carbocycles. The van der Waals surface area contributed by atoms with Gasteiger partial charge in [-0.1, -0.05) is 38.8 Å². The van der Waals surface area contributed by atoms with E-state index in [-0.39, 0.29) is 5.91 Å². The average molecular weight is 451 g/mol. The van der Waals surface area contributed by atoms with Crippen LogP contribution in [0.3, 0.4) is 0 Å². The maximum Gasteiger partial charge on any atom is 0.337 e. The molecule has 1 aromatic heterocycles. The minimum Gasteiger partial charge on any atom is -0.496 e. The number of nitrogens with zero attached hydrogens (tertiary/aromatic N) is 1. The summed E-state index contributed by atoms with van der Waals surface area (Å²) >= 11 is 0. The second-order valence-electron chi connectivity index (χ2n) is 7.97. The Morgan fingerprint density at radius 2 is 1.79 bits per heavy atom. The van der Waals surface area contributed by atoms with Crippen LogP contribution in [0.15, 0.2) is 42.6 Å². The quantitative estimate of drug-likeness (QED) is 0.364. The van der Waals surface area contributed by atoms with Crippen molar-refractivity contribution >= 4 is 29.1 Å². The van der Waals surface area contributed by atoms with Crippen LogP contribution in [-0.2, 0) is 11.3 Å². The summed E-state index contributed by atoms with van der Waals surface area (Å²) in [6.07, 6.45) is 4.59. The van der Waals surface area contributed by atoms with Crippen LogP contribution >= 0.6 is 0 Å². The number of benzene rings is 2. The summed E-state index contributed by atoms with van der Waals surface area (Å²) in [5, 5.41) is 3.78. The lowest BCUT2D eigenvalue weighted by molar-refractivity contribution is 0.0600. The van der Waals surface area contributed by atoms with Crippen LogP contribution in [0.25, 0.3) is 10.9 Å². The maximum atomic E-state index is 12.7. The van der Waals surface area contributed by atoms with Crippen LogP contribution in [0, 0.1) is 5.92 Å². The van der Waals surface area contributed by atoms with Crippen molar-refractivity contribution in [3.05, 3.63) is 64.8 Å². The number of aromatic nitrogens is 1. The number of carbonyl (C=O) groups excluding carboxylic acids is 3. The molecule has 1 N–H and O–H groups in total. The van der Waals surface area contributed by atoms with E-state index < -0.39 is 5.97 Å². The molecule has 0 bridgehead atoms. The van der Waals surface area contributed by atoms with Gasteiger partial charge in [-0.15, -0.1) is 0 Å². The van der Waals surface area contributed by atoms with Crippen LogP contribution in [0.5, 0.6) is 5.75 Å². The molecule has 0 aliphatic heterocycles. The van der Waals surface area contributed by atoms with E-state index in [0.29, 0.717) is 41.4 Å². The topological polar surface area (TPSA) is 86.6 Å². The Labute approximate surface area is 193 Å². The van der Waals surface area contributed by atoms with Gasteiger partial charge in [0.25, 0.3) is 5.91 Å². The van der Waals surface area contributed by atoms with Crippen LogP contribution < -0.4 is 10.1 Å². The van der Waals surface area contributed by atoms with Gasteiger partial charge in [0.2, 0.25) is 0 Å². The van der Waals surface area contributed by atoms with E-state index in [4.69, 9.17) is 9.47 Å². The third-order valence-corrected chi connectivity index (χ3v) is 6.06. The lowest BCUT2D eigenvalue weighted by Crippen LogP contribution is -2.28. The highest BCUT2D eigenvalue weighted by atomic mass is 16.5. The molecule has 0 unspecified atom stereocenters. The van der Waals surface area contributed by atoms with E-state index in [0.717, 1.165) is 35.6 Å². The van der Waals surface area contributed by atoms with Crippen molar-refractivity contribution in [2.45, 2.75) is 33.2 Å². The molecule has 0 saturated heterocycles. The number of methoxy groups -OCH3 is 2. The number of amides is 1. The van der Waals surface area contributed by atoms with Crippen molar-refractivity contribution in [1.82, 2.24) is 9.88 Å². The third kappa shape index (κ3) is 5.25. The molecule has 0 radical (unpaired) electrons. The van der Waals surface area contributed by atoms with Gasteiger partial charge in [-0.3, -0.25) is 9.59 Å². The summed E-state index contributed by atoms with van der Waals surface area (Å²) in [7, 11) is 2.86. The van der Waals surface area contributed by atoms with Crippen LogP contribution in [0.4, 0.5) is 0 Å². The number of rotatable bonds is 10. The van der Waals surface area contributed by atoms with E-state index in [1.54, 1.807) is 42.6 Å². The summed E-state index contributed by atoms with van der Waals surface area (Å²) in [6.45, 7) is 5.26. The van der Waals surface area contributed by atoms with Crippen molar-refractivity contribution in [2.24, 2.45) is 5.92 Å². The number of esters is 1. The molecular weight excluding hydrogens is 420 g/mol. The lowest BCUT2D eigenvalue weighted by Gasteiger charge is -2.14. The summed E-state index contributed by atoms with van der Waals surface area (Å²) in [6, 6.07) is 10.5. The fraction of sp³-hybridized carbons (Fsp3) is 0.346. The van der Waals surface area contributed by atoms with Gasteiger partial charge in [-0.05, 0) is 30.2 Å². The summed E-state index contributed by atoms with van der Waals surface area (Å²) in [4.78, 5) is 36.2. The Kier molecular flexibility index (Phi) is 7.87. The predicted octanol–water partition coefficient (Wildman–Crippen LogP) is 4.46. The van der Waals surface area contributed by atoms with Crippen molar-refractivity contribution in [3.8, 4) is 5.75 Å². The van der Waals surface area contributed by atoms with Gasteiger partial charge in [0, 0.05) is 40.3 Å². The van der Waals surface area contributed by atoms with E-state index in [2.05, 4.69) is 19.2 Å². The van der Waals surface area contributed by atoms with E-state index in [9.17, 15) is 14.4 Å². The molecule has 0 saturated carbocycles. The molecule has 174 valence electrons. The zero-order chi connectivity index (χ0) is 24.0. The molecule has 0 atom stereocenters. The fourth-order valence-electron chi connectivity index (χ4n) is 3.91. The maximum absolute atomic E-state index is 12.7. The molecule has 7 nitrogen and oxygen atoms in total. The van der Waals surface area contributed by atoms with Gasteiger partial charge in [-0.25, -0.2) is 4.79 Å². The zero-order valence-corrected chi connectivity index (χ0v) is 19.5. The SMILES string of the molecule is CCC(CC)CNC(=O)c1ccc2c(C=O)cn(Cc3ccc(C(=O)OC)cc3OC)c2c1. The summed E-state index contributed by atoms with van der Waals surface area (Å²) in [5.41, 5.74) is 3.06. The van der Waals surface area contributed by atoms with Gasteiger partial charge in [0.1, 0.15) is 5.75 Å². The smallest absolute Gasteiger partial charge is 0.337 e. The van der Waals surface area contributed by atoms with Crippen molar-refractivity contribution in [1.29, 1.82) is 0 Å². The summed E-state index contributed by atoms with van der Waals surface area (Å²) < 4.78 is 12.2. The highest BCUT2D eigenvalue weighted by Crippen LogP contribution is 2.27. The lowest BCUT2D eigenvalue weighted by atomic mass is 10.0. The van der Waals surface area contributed by atoms with E-state index >= 15 is 0 Å². The summed E-state index contributed by atoms with van der Waals surface area (Å²) in [5.74, 6) is 0.401. The first-order chi connectivity index (χ1) is 15.9. The number of carbonyl (C=O) groups is 3. The predicted molar refractivity (Wildman–Crippen MR) is 127 cm³/mol. The Morgan fingerprint density at radius 3 is 2.42 bits per heavy atom. The molecule has 7 heteroatoms. The Morgan fingerprint density at radius 1 is 1.06 bits per heavy atom. The number of ether oxygens (including phenoxy) is 2. The number of fused-ring (bicyclic) bond motifs is 1. The standard InChI is InChI=1S/C26H30N2O5/c1-5-17(6-2)13-27-25(30)18-9-10-22-21(16-29)15-28(23(22)11-18)14-20-8-7-19(26(31)33-4)12-24(20)32-3/h7-12,15-17H,5-6,13-14H2,1-4H3,(H,27,30). The minimum absolute atomic E-state index is 0.135. The Hall–Kier alpha value is -3.61. The Bertz CT molecular complexity index is 1160. The van der Waals surface area contributed by atoms with Crippen LogP contribution in [-0.4, -0.2) is 43.5 Å². The monoisotopic (exact) mass is 450 g/mol. The highest BCUT2D eigenvalue weighted by molar-refractivity contribution is 6.02. The molecule has 0 spiro atoms. The average Bonchev–Trinajstić information content (AvgIpc) is 3.20. The molecule has 33 heavy (non-hydrogen) atoms. The molecule has 0 fully saturated rings. The van der Waals surface area contributed by atoms with Gasteiger partial charge >= 0.3 is 5.97 Å². The normalized spacial score (nSPS) is 10.9. The molecule has 1 heterocycles. The number of hydrogen-bond acceptors (Lipinski definition) is 5. The van der Waals surface area contributed by atoms with Crippen LogP contribution in [0.1, 0.15) is 63.3 Å². The van der Waals surface area contributed by atoms with Gasteiger partial charge in [0.05, 0.1) is 26.3 Å². The molecule has 1 amide bonds. The Balaban J connectivity index is 1.95. The van der Waals surface area contributed by atoms with Crippen molar-refractivity contribution in [3.63, 3.8) is 0 Å². The second-order valence-corrected chi connectivity index (χ2v) is 7.97. The second kappa shape index (κ2) is 10.8. The third-order valence-electron chi connectivity index (χ3n) is 6.06. The van der Waals surface area contributed by atoms with Crippen LogP contribution in [0.2, 0.25) is 0 Å². The first kappa shape index (κ1) is 24.0. The largest absolute Gasteiger partial charge is 0.496 e. The van der Waals surface area contributed by atoms with E-state index in [1.165, 1.54) is 14.2 Å². The van der Waals surface area contributed by atoms with Gasteiger partial charge in [-0.2, -0.15) is 0 Å². The zero-order valence-electron chi connectivity index (χ0n) is 19.5. The number of nitrogens with one attached hydrogen (secondary N) is 1. The number of hydrogen-bond donors (Lipinski definition) is 1. The first-order valence-corrected chi connectivity index (χ1v) is 11.1. The highest BCUT2D eigenvalue weighted by Gasteiger charge is 2.16. The molecule has 0 aliphatic rings.